The number of methoxy groups -OCH3 is 2. The molecular formula is C22H20ClN3O4S. The maximum absolute atomic E-state index is 12.4. The van der Waals surface area contributed by atoms with Gasteiger partial charge in [-0.1, -0.05) is 35.5 Å². The topological polar surface area (TPSA) is 100 Å². The van der Waals surface area contributed by atoms with Crippen molar-refractivity contribution in [3.05, 3.63) is 63.7 Å². The Kier molecular flexibility index (Phi) is 7.45. The highest BCUT2D eigenvalue weighted by Crippen LogP contribution is 2.38. The van der Waals surface area contributed by atoms with E-state index in [1.807, 2.05) is 0 Å². The molecule has 0 saturated heterocycles. The Hall–Kier alpha value is -3.15. The second kappa shape index (κ2) is 10.2. The molecule has 0 fully saturated rings. The Labute approximate surface area is 189 Å². The minimum atomic E-state index is -0.453. The van der Waals surface area contributed by atoms with E-state index in [0.29, 0.717) is 32.8 Å². The van der Waals surface area contributed by atoms with Gasteiger partial charge in [0.15, 0.2) is 0 Å². The molecule has 9 heteroatoms. The highest BCUT2D eigenvalue weighted by molar-refractivity contribution is 8.03. The van der Waals surface area contributed by atoms with Gasteiger partial charge < -0.3 is 20.1 Å². The van der Waals surface area contributed by atoms with Crippen molar-refractivity contribution in [2.75, 3.05) is 25.3 Å². The highest BCUT2D eigenvalue weighted by atomic mass is 35.5. The van der Waals surface area contributed by atoms with Gasteiger partial charge in [0.1, 0.15) is 11.5 Å². The molecule has 1 aliphatic rings. The third kappa shape index (κ3) is 5.51. The number of thioether (sulfide) groups is 1. The molecule has 0 unspecified atom stereocenters. The van der Waals surface area contributed by atoms with Crippen LogP contribution in [0.5, 0.6) is 11.5 Å². The van der Waals surface area contributed by atoms with Gasteiger partial charge in [0.05, 0.1) is 41.7 Å². The molecule has 0 spiro atoms. The Morgan fingerprint density at radius 3 is 2.77 bits per heavy atom. The van der Waals surface area contributed by atoms with Crippen molar-refractivity contribution in [3.8, 4) is 17.6 Å². The van der Waals surface area contributed by atoms with Crippen molar-refractivity contribution in [1.29, 1.82) is 5.26 Å². The largest absolute Gasteiger partial charge is 0.497 e. The zero-order chi connectivity index (χ0) is 22.4. The van der Waals surface area contributed by atoms with Crippen LogP contribution in [0.2, 0.25) is 5.02 Å². The highest BCUT2D eigenvalue weighted by Gasteiger charge is 2.30. The van der Waals surface area contributed by atoms with Crippen LogP contribution in [0.4, 0.5) is 5.69 Å². The standard InChI is InChI=1S/C22H20ClN3O4S/c1-29-15-5-3-4-14(9-15)25-21(28)12-31-22-17(11-24)16(10-20(27)26-22)13-6-7-19(30-2)18(23)8-13/h3-9,16H,10,12H2,1-2H3,(H,25,28)(H,26,27)/t16-/m0/s1. The molecule has 2 aromatic rings. The van der Waals surface area contributed by atoms with E-state index in [4.69, 9.17) is 21.1 Å². The van der Waals surface area contributed by atoms with Crippen molar-refractivity contribution in [3.63, 3.8) is 0 Å². The van der Waals surface area contributed by atoms with Gasteiger partial charge in [-0.2, -0.15) is 5.26 Å². The van der Waals surface area contributed by atoms with E-state index in [9.17, 15) is 14.9 Å². The summed E-state index contributed by atoms with van der Waals surface area (Å²) in [4.78, 5) is 24.7. The SMILES string of the molecule is COc1cccc(NC(=O)CSC2=C(C#N)[C@H](c3ccc(OC)c(Cl)c3)CC(=O)N2)c1. The average Bonchev–Trinajstić information content (AvgIpc) is 2.77. The number of ether oxygens (including phenoxy) is 2. The van der Waals surface area contributed by atoms with E-state index in [0.717, 1.165) is 17.3 Å². The molecule has 1 atom stereocenters. The summed E-state index contributed by atoms with van der Waals surface area (Å²) in [6.45, 7) is 0. The summed E-state index contributed by atoms with van der Waals surface area (Å²) in [5.41, 5.74) is 1.72. The maximum Gasteiger partial charge on any atom is 0.234 e. The second-order valence-electron chi connectivity index (χ2n) is 6.62. The number of rotatable bonds is 7. The molecule has 2 amide bonds. The predicted octanol–water partition coefficient (Wildman–Crippen LogP) is 4.07. The number of anilines is 1. The van der Waals surface area contributed by atoms with Gasteiger partial charge in [-0.25, -0.2) is 0 Å². The van der Waals surface area contributed by atoms with Crippen LogP contribution in [-0.4, -0.2) is 31.8 Å². The fourth-order valence-electron chi connectivity index (χ4n) is 3.15. The first-order valence-electron chi connectivity index (χ1n) is 9.29. The molecule has 0 radical (unpaired) electrons. The number of benzene rings is 2. The number of hydrogen-bond donors (Lipinski definition) is 2. The van der Waals surface area contributed by atoms with E-state index >= 15 is 0 Å². The van der Waals surface area contributed by atoms with Gasteiger partial charge in [-0.3, -0.25) is 9.59 Å². The molecular weight excluding hydrogens is 438 g/mol. The number of nitrogens with one attached hydrogen (secondary N) is 2. The number of carbonyl (C=O) groups is 2. The first-order chi connectivity index (χ1) is 14.9. The van der Waals surface area contributed by atoms with Gasteiger partial charge in [-0.05, 0) is 29.8 Å². The van der Waals surface area contributed by atoms with Crippen LogP contribution in [-0.2, 0) is 9.59 Å². The summed E-state index contributed by atoms with van der Waals surface area (Å²) in [5.74, 6) is 0.204. The number of nitrogens with zero attached hydrogens (tertiary/aromatic N) is 1. The minimum absolute atomic E-state index is 0.0219. The molecule has 160 valence electrons. The van der Waals surface area contributed by atoms with E-state index in [1.54, 1.807) is 49.6 Å². The molecule has 0 saturated carbocycles. The Bertz CT molecular complexity index is 1080. The fraction of sp³-hybridized carbons (Fsp3) is 0.227. The van der Waals surface area contributed by atoms with Gasteiger partial charge in [-0.15, -0.1) is 0 Å². The van der Waals surface area contributed by atoms with Crippen LogP contribution in [0, 0.1) is 11.3 Å². The van der Waals surface area contributed by atoms with E-state index in [1.165, 1.54) is 7.11 Å². The smallest absolute Gasteiger partial charge is 0.234 e. The predicted molar refractivity (Wildman–Crippen MR) is 120 cm³/mol. The first kappa shape index (κ1) is 22.5. The molecule has 3 rings (SSSR count). The van der Waals surface area contributed by atoms with Crippen LogP contribution in [0.3, 0.4) is 0 Å². The summed E-state index contributed by atoms with van der Waals surface area (Å²) in [5, 5.41) is 16.0. The molecule has 31 heavy (non-hydrogen) atoms. The zero-order valence-electron chi connectivity index (χ0n) is 16.9. The Morgan fingerprint density at radius 2 is 2.10 bits per heavy atom. The quantitative estimate of drug-likeness (QED) is 0.650. The van der Waals surface area contributed by atoms with Gasteiger partial charge >= 0.3 is 0 Å². The molecule has 0 aliphatic carbocycles. The summed E-state index contributed by atoms with van der Waals surface area (Å²) in [6, 6.07) is 14.3. The molecule has 2 N–H and O–H groups in total. The lowest BCUT2D eigenvalue weighted by Gasteiger charge is -2.25. The van der Waals surface area contributed by atoms with Crippen LogP contribution in [0.25, 0.3) is 0 Å². The summed E-state index contributed by atoms with van der Waals surface area (Å²) in [7, 11) is 3.06. The van der Waals surface area contributed by atoms with Crippen molar-refractivity contribution >= 4 is 40.9 Å². The summed E-state index contributed by atoms with van der Waals surface area (Å²) < 4.78 is 10.3. The molecule has 2 aromatic carbocycles. The third-order valence-electron chi connectivity index (χ3n) is 4.64. The Morgan fingerprint density at radius 1 is 1.29 bits per heavy atom. The van der Waals surface area contributed by atoms with Gasteiger partial charge in [0.25, 0.3) is 0 Å². The Balaban J connectivity index is 1.76. The number of hydrogen-bond acceptors (Lipinski definition) is 6. The third-order valence-corrected chi connectivity index (χ3v) is 5.95. The lowest BCUT2D eigenvalue weighted by Crippen LogP contribution is -2.31. The molecule has 0 bridgehead atoms. The fourth-order valence-corrected chi connectivity index (χ4v) is 4.30. The van der Waals surface area contributed by atoms with Crippen molar-refractivity contribution in [2.24, 2.45) is 0 Å². The first-order valence-corrected chi connectivity index (χ1v) is 10.7. The normalized spacial score (nSPS) is 15.7. The summed E-state index contributed by atoms with van der Waals surface area (Å²) in [6.07, 6.45) is 0.117. The number of carbonyl (C=O) groups excluding carboxylic acids is 2. The van der Waals surface area contributed by atoms with Crippen molar-refractivity contribution in [1.82, 2.24) is 5.32 Å². The zero-order valence-corrected chi connectivity index (χ0v) is 18.5. The van der Waals surface area contributed by atoms with Crippen molar-refractivity contribution in [2.45, 2.75) is 12.3 Å². The van der Waals surface area contributed by atoms with Crippen LogP contribution >= 0.6 is 23.4 Å². The van der Waals surface area contributed by atoms with Crippen LogP contribution in [0.1, 0.15) is 17.9 Å². The monoisotopic (exact) mass is 457 g/mol. The lowest BCUT2D eigenvalue weighted by atomic mass is 9.87. The van der Waals surface area contributed by atoms with Gasteiger partial charge in [0.2, 0.25) is 11.8 Å². The lowest BCUT2D eigenvalue weighted by molar-refractivity contribution is -0.121. The van der Waals surface area contributed by atoms with E-state index < -0.39 is 5.92 Å². The number of nitriles is 1. The number of halogens is 1. The molecule has 1 heterocycles. The van der Waals surface area contributed by atoms with E-state index in [-0.39, 0.29) is 24.0 Å². The average molecular weight is 458 g/mol. The molecule has 7 nitrogen and oxygen atoms in total. The number of amides is 2. The molecule has 1 aliphatic heterocycles. The van der Waals surface area contributed by atoms with E-state index in [2.05, 4.69) is 16.7 Å². The van der Waals surface area contributed by atoms with Crippen LogP contribution in [0.15, 0.2) is 53.1 Å². The number of allylic oxidation sites excluding steroid dienone is 1. The summed E-state index contributed by atoms with van der Waals surface area (Å²) >= 11 is 7.33. The minimum Gasteiger partial charge on any atom is -0.497 e. The second-order valence-corrected chi connectivity index (χ2v) is 8.02. The van der Waals surface area contributed by atoms with Gasteiger partial charge in [0, 0.05) is 24.1 Å². The van der Waals surface area contributed by atoms with Crippen molar-refractivity contribution < 1.29 is 19.1 Å². The maximum atomic E-state index is 12.4. The van der Waals surface area contributed by atoms with Crippen LogP contribution < -0.4 is 20.1 Å². The molecule has 0 aromatic heterocycles.